The average molecular weight is 153 g/mol. The molecule has 0 aromatic heterocycles. The van der Waals surface area contributed by atoms with Crippen molar-refractivity contribution in [3.8, 4) is 0 Å². The maximum atomic E-state index is 10.7. The molecule has 0 aromatic carbocycles. The molecule has 1 aliphatic carbocycles. The summed E-state index contributed by atoms with van der Waals surface area (Å²) in [5.41, 5.74) is 0.443. The fraction of sp³-hybridized carbons (Fsp3) is 0.889. The van der Waals surface area contributed by atoms with Gasteiger partial charge in [-0.2, -0.15) is 0 Å². The van der Waals surface area contributed by atoms with Crippen molar-refractivity contribution in [1.29, 1.82) is 0 Å². The Balaban J connectivity index is 2.16. The Hall–Kier alpha value is -0.370. The van der Waals surface area contributed by atoms with Crippen LogP contribution in [0.15, 0.2) is 0 Å². The zero-order valence-electron chi connectivity index (χ0n) is 7.37. The van der Waals surface area contributed by atoms with Gasteiger partial charge in [-0.05, 0) is 24.3 Å². The normalized spacial score (nSPS) is 47.0. The summed E-state index contributed by atoms with van der Waals surface area (Å²) >= 11 is 0. The largest absolute Gasteiger partial charge is 0.302 e. The van der Waals surface area contributed by atoms with Crippen LogP contribution in [0.5, 0.6) is 0 Å². The van der Waals surface area contributed by atoms with Gasteiger partial charge in [-0.25, -0.2) is 0 Å². The minimum atomic E-state index is 0.204. The lowest BCUT2D eigenvalue weighted by Crippen LogP contribution is -2.33. The van der Waals surface area contributed by atoms with Crippen molar-refractivity contribution in [3.05, 3.63) is 0 Å². The molecule has 0 N–H and O–H groups in total. The number of nitrogens with zero attached hydrogens (tertiary/aromatic N) is 1. The standard InChI is InChI=1S/C9H15NO/c1-9(2)6-4-10(3)7(5-11)8(6)9/h5-8H,4H2,1-3H3/t6-,7+,8?/m0/s1. The number of piperidine rings is 1. The van der Waals surface area contributed by atoms with Crippen molar-refractivity contribution in [2.75, 3.05) is 13.6 Å². The Morgan fingerprint density at radius 3 is 2.55 bits per heavy atom. The number of rotatable bonds is 1. The van der Waals surface area contributed by atoms with Crippen LogP contribution in [0.1, 0.15) is 13.8 Å². The highest BCUT2D eigenvalue weighted by atomic mass is 16.1. The van der Waals surface area contributed by atoms with Gasteiger partial charge in [-0.1, -0.05) is 13.8 Å². The first-order valence-corrected chi connectivity index (χ1v) is 4.24. The lowest BCUT2D eigenvalue weighted by atomic mass is 10.0. The number of carbonyl (C=O) groups is 1. The van der Waals surface area contributed by atoms with E-state index in [-0.39, 0.29) is 6.04 Å². The van der Waals surface area contributed by atoms with Gasteiger partial charge >= 0.3 is 0 Å². The van der Waals surface area contributed by atoms with Gasteiger partial charge in [0.1, 0.15) is 6.29 Å². The zero-order chi connectivity index (χ0) is 8.22. The molecule has 2 aliphatic rings. The molecular weight excluding hydrogens is 138 g/mol. The van der Waals surface area contributed by atoms with Gasteiger partial charge in [0.2, 0.25) is 0 Å². The molecule has 0 aromatic rings. The van der Waals surface area contributed by atoms with Crippen LogP contribution in [0.4, 0.5) is 0 Å². The van der Waals surface area contributed by atoms with E-state index in [1.165, 1.54) is 0 Å². The van der Waals surface area contributed by atoms with Crippen LogP contribution in [0.3, 0.4) is 0 Å². The van der Waals surface area contributed by atoms with Crippen LogP contribution >= 0.6 is 0 Å². The summed E-state index contributed by atoms with van der Waals surface area (Å²) in [6.45, 7) is 5.65. The van der Waals surface area contributed by atoms with Crippen LogP contribution in [0.2, 0.25) is 0 Å². The third-order valence-electron chi connectivity index (χ3n) is 3.64. The predicted molar refractivity (Wildman–Crippen MR) is 43.2 cm³/mol. The molecule has 0 amide bonds. The zero-order valence-corrected chi connectivity index (χ0v) is 7.37. The maximum Gasteiger partial charge on any atom is 0.137 e. The third-order valence-corrected chi connectivity index (χ3v) is 3.64. The summed E-state index contributed by atoms with van der Waals surface area (Å²) in [5, 5.41) is 0. The number of hydrogen-bond donors (Lipinski definition) is 0. The number of fused-ring (bicyclic) bond motifs is 1. The number of likely N-dealkylation sites (N-methyl/N-ethyl adjacent to an activating group) is 1. The van der Waals surface area contributed by atoms with E-state index >= 15 is 0 Å². The van der Waals surface area contributed by atoms with Crippen molar-refractivity contribution < 1.29 is 4.79 Å². The first-order valence-electron chi connectivity index (χ1n) is 4.24. The molecule has 2 heteroatoms. The highest BCUT2D eigenvalue weighted by Crippen LogP contribution is 2.63. The minimum absolute atomic E-state index is 0.204. The first kappa shape index (κ1) is 7.29. The quantitative estimate of drug-likeness (QED) is 0.519. The Morgan fingerprint density at radius 1 is 1.55 bits per heavy atom. The number of likely N-dealkylation sites (tertiary alicyclic amines) is 1. The molecule has 11 heavy (non-hydrogen) atoms. The van der Waals surface area contributed by atoms with E-state index in [0.29, 0.717) is 11.3 Å². The molecule has 0 radical (unpaired) electrons. The van der Waals surface area contributed by atoms with Gasteiger partial charge in [0.25, 0.3) is 0 Å². The molecule has 0 bridgehead atoms. The summed E-state index contributed by atoms with van der Waals surface area (Å²) in [6.07, 6.45) is 1.11. The molecular formula is C9H15NO. The van der Waals surface area contributed by atoms with Crippen LogP contribution in [-0.2, 0) is 4.79 Å². The molecule has 2 fully saturated rings. The van der Waals surface area contributed by atoms with Crippen LogP contribution in [0, 0.1) is 17.3 Å². The summed E-state index contributed by atoms with van der Waals surface area (Å²) < 4.78 is 0. The van der Waals surface area contributed by atoms with Crippen molar-refractivity contribution in [2.45, 2.75) is 19.9 Å². The predicted octanol–water partition coefficient (Wildman–Crippen LogP) is 0.771. The van der Waals surface area contributed by atoms with Crippen LogP contribution < -0.4 is 0 Å². The number of hydrogen-bond acceptors (Lipinski definition) is 2. The summed E-state index contributed by atoms with van der Waals surface area (Å²) in [4.78, 5) is 12.9. The monoisotopic (exact) mass is 153 g/mol. The maximum absolute atomic E-state index is 10.7. The Morgan fingerprint density at radius 2 is 2.18 bits per heavy atom. The third kappa shape index (κ3) is 0.734. The molecule has 1 saturated heterocycles. The molecule has 1 aliphatic heterocycles. The summed E-state index contributed by atoms with van der Waals surface area (Å²) in [6, 6.07) is 0.204. The molecule has 1 saturated carbocycles. The number of carbonyl (C=O) groups excluding carboxylic acids is 1. The molecule has 3 atom stereocenters. The van der Waals surface area contributed by atoms with Crippen molar-refractivity contribution >= 4 is 6.29 Å². The first-order chi connectivity index (χ1) is 5.09. The molecule has 62 valence electrons. The lowest BCUT2D eigenvalue weighted by Gasteiger charge is -2.22. The van der Waals surface area contributed by atoms with Crippen LogP contribution in [-0.4, -0.2) is 30.8 Å². The van der Waals surface area contributed by atoms with Gasteiger partial charge in [0, 0.05) is 6.54 Å². The number of aldehydes is 1. The summed E-state index contributed by atoms with van der Waals surface area (Å²) in [7, 11) is 2.04. The minimum Gasteiger partial charge on any atom is -0.302 e. The topological polar surface area (TPSA) is 20.3 Å². The highest BCUT2D eigenvalue weighted by Gasteiger charge is 2.65. The van der Waals surface area contributed by atoms with Gasteiger partial charge in [0.05, 0.1) is 6.04 Å². The Labute approximate surface area is 67.6 Å². The van der Waals surface area contributed by atoms with E-state index < -0.39 is 0 Å². The van der Waals surface area contributed by atoms with Gasteiger partial charge in [-0.3, -0.25) is 4.90 Å². The molecule has 1 heterocycles. The van der Waals surface area contributed by atoms with Crippen LogP contribution in [0.25, 0.3) is 0 Å². The molecule has 2 rings (SSSR count). The fourth-order valence-corrected chi connectivity index (χ4v) is 2.71. The second-order valence-corrected chi connectivity index (χ2v) is 4.52. The molecule has 0 spiro atoms. The second kappa shape index (κ2) is 1.86. The van der Waals surface area contributed by atoms with E-state index in [9.17, 15) is 4.79 Å². The molecule has 2 nitrogen and oxygen atoms in total. The molecule has 1 unspecified atom stereocenters. The lowest BCUT2D eigenvalue weighted by molar-refractivity contribution is -0.112. The van der Waals surface area contributed by atoms with Crippen molar-refractivity contribution in [3.63, 3.8) is 0 Å². The van der Waals surface area contributed by atoms with E-state index in [4.69, 9.17) is 0 Å². The van der Waals surface area contributed by atoms with Crippen molar-refractivity contribution in [2.24, 2.45) is 17.3 Å². The van der Waals surface area contributed by atoms with E-state index in [0.717, 1.165) is 18.7 Å². The Bertz CT molecular complexity index is 200. The SMILES string of the molecule is CN1C[C@H]2C([C@H]1C=O)C2(C)C. The van der Waals surface area contributed by atoms with Gasteiger partial charge < -0.3 is 4.79 Å². The highest BCUT2D eigenvalue weighted by molar-refractivity contribution is 5.61. The van der Waals surface area contributed by atoms with Gasteiger partial charge in [-0.15, -0.1) is 0 Å². The van der Waals surface area contributed by atoms with E-state index in [1.54, 1.807) is 0 Å². The van der Waals surface area contributed by atoms with E-state index in [1.807, 2.05) is 7.05 Å². The smallest absolute Gasteiger partial charge is 0.137 e. The second-order valence-electron chi connectivity index (χ2n) is 4.52. The average Bonchev–Trinajstić information content (AvgIpc) is 2.38. The van der Waals surface area contributed by atoms with Crippen molar-refractivity contribution in [1.82, 2.24) is 4.90 Å². The van der Waals surface area contributed by atoms with Gasteiger partial charge in [0.15, 0.2) is 0 Å². The Kier molecular flexibility index (Phi) is 1.23. The fourth-order valence-electron chi connectivity index (χ4n) is 2.71. The van der Waals surface area contributed by atoms with E-state index in [2.05, 4.69) is 18.7 Å². The summed E-state index contributed by atoms with van der Waals surface area (Å²) in [5.74, 6) is 1.42.